The third kappa shape index (κ3) is 6.15. The summed E-state index contributed by atoms with van der Waals surface area (Å²) in [6.45, 7) is 0.941. The fraction of sp³-hybridized carbons (Fsp3) is 0.471. The van der Waals surface area contributed by atoms with Crippen molar-refractivity contribution in [3.8, 4) is 0 Å². The van der Waals surface area contributed by atoms with Crippen molar-refractivity contribution in [1.29, 1.82) is 0 Å². The average molecular weight is 387 g/mol. The van der Waals surface area contributed by atoms with Crippen LogP contribution in [0.25, 0.3) is 0 Å². The van der Waals surface area contributed by atoms with Gasteiger partial charge in [-0.2, -0.15) is 13.2 Å². The molecule has 0 spiro atoms. The first-order valence-corrected chi connectivity index (χ1v) is 8.37. The molecule has 3 N–H and O–H groups in total. The number of benzene rings is 1. The molecule has 2 rings (SSSR count). The minimum atomic E-state index is -4.89. The van der Waals surface area contributed by atoms with E-state index in [0.29, 0.717) is 25.9 Å². The number of carbonyl (C=O) groups excluding carboxylic acids is 2. The smallest absolute Gasteiger partial charge is 0.471 e. The monoisotopic (exact) mass is 387 g/mol. The number of urea groups is 1. The van der Waals surface area contributed by atoms with Gasteiger partial charge in [-0.3, -0.25) is 4.79 Å². The molecule has 27 heavy (non-hydrogen) atoms. The Kier molecular flexibility index (Phi) is 6.65. The summed E-state index contributed by atoms with van der Waals surface area (Å²) in [4.78, 5) is 35.3. The maximum Gasteiger partial charge on any atom is 0.471 e. The number of amides is 3. The molecule has 3 amide bonds. The van der Waals surface area contributed by atoms with E-state index in [9.17, 15) is 27.6 Å². The van der Waals surface area contributed by atoms with E-state index in [-0.39, 0.29) is 30.6 Å². The highest BCUT2D eigenvalue weighted by molar-refractivity contribution is 5.87. The number of alkyl halides is 3. The number of carboxylic acids is 1. The van der Waals surface area contributed by atoms with Gasteiger partial charge in [0.05, 0.1) is 5.56 Å². The number of nitrogens with one attached hydrogen (secondary N) is 2. The standard InChI is InChI=1S/C17H20F3N3O4/c18-17(19,20)15(26)21-9-12-5-7-23(8-6-12)16(27)22-10-11-1-3-13(4-2-11)14(24)25/h1-4,12H,5-10H2,(H,21,26)(H,22,27)(H,24,25). The van der Waals surface area contributed by atoms with E-state index in [1.54, 1.807) is 17.0 Å². The molecule has 0 bridgehead atoms. The molecule has 7 nitrogen and oxygen atoms in total. The zero-order valence-corrected chi connectivity index (χ0v) is 14.4. The number of rotatable bonds is 5. The summed E-state index contributed by atoms with van der Waals surface area (Å²) in [6, 6.07) is 5.82. The van der Waals surface area contributed by atoms with E-state index in [2.05, 4.69) is 5.32 Å². The number of piperidine rings is 1. The van der Waals surface area contributed by atoms with Crippen molar-refractivity contribution < 1.29 is 32.7 Å². The molecule has 0 atom stereocenters. The molecular formula is C17H20F3N3O4. The Balaban J connectivity index is 1.71. The highest BCUT2D eigenvalue weighted by Gasteiger charge is 2.38. The van der Waals surface area contributed by atoms with E-state index in [1.807, 2.05) is 5.32 Å². The number of carboxylic acid groups (broad SMARTS) is 1. The second-order valence-corrected chi connectivity index (χ2v) is 6.30. The van der Waals surface area contributed by atoms with E-state index >= 15 is 0 Å². The van der Waals surface area contributed by atoms with Crippen molar-refractivity contribution in [3.05, 3.63) is 35.4 Å². The Bertz CT molecular complexity index is 684. The minimum absolute atomic E-state index is 0.0657. The lowest BCUT2D eigenvalue weighted by atomic mass is 9.97. The summed E-state index contributed by atoms with van der Waals surface area (Å²) in [6.07, 6.45) is -3.89. The van der Waals surface area contributed by atoms with Gasteiger partial charge in [-0.15, -0.1) is 0 Å². The zero-order valence-electron chi connectivity index (χ0n) is 14.4. The zero-order chi connectivity index (χ0) is 20.0. The third-order valence-corrected chi connectivity index (χ3v) is 4.36. The Morgan fingerprint density at radius 3 is 2.19 bits per heavy atom. The van der Waals surface area contributed by atoms with Crippen LogP contribution in [0.15, 0.2) is 24.3 Å². The molecule has 0 aliphatic carbocycles. The molecule has 148 valence electrons. The fourth-order valence-electron chi connectivity index (χ4n) is 2.73. The Morgan fingerprint density at radius 1 is 1.07 bits per heavy atom. The summed E-state index contributed by atoms with van der Waals surface area (Å²) in [7, 11) is 0. The van der Waals surface area contributed by atoms with E-state index in [1.165, 1.54) is 12.1 Å². The molecule has 1 aromatic carbocycles. The number of hydrogen-bond acceptors (Lipinski definition) is 3. The van der Waals surface area contributed by atoms with Gasteiger partial charge in [0.2, 0.25) is 0 Å². The number of nitrogens with zero attached hydrogens (tertiary/aromatic N) is 1. The molecule has 10 heteroatoms. The van der Waals surface area contributed by atoms with Gasteiger partial charge in [-0.1, -0.05) is 12.1 Å². The largest absolute Gasteiger partial charge is 0.478 e. The van der Waals surface area contributed by atoms with Crippen LogP contribution >= 0.6 is 0 Å². The predicted molar refractivity (Wildman–Crippen MR) is 89.0 cm³/mol. The summed E-state index contributed by atoms with van der Waals surface area (Å²) >= 11 is 0. The molecule has 0 unspecified atom stereocenters. The van der Waals surface area contributed by atoms with Crippen LogP contribution in [0.5, 0.6) is 0 Å². The maximum atomic E-state index is 12.2. The lowest BCUT2D eigenvalue weighted by Gasteiger charge is -2.32. The molecule has 1 saturated heterocycles. The average Bonchev–Trinajstić information content (AvgIpc) is 2.64. The molecule has 1 heterocycles. The van der Waals surface area contributed by atoms with E-state index in [4.69, 9.17) is 5.11 Å². The quantitative estimate of drug-likeness (QED) is 0.720. The van der Waals surface area contributed by atoms with Crippen LogP contribution < -0.4 is 10.6 Å². The van der Waals surface area contributed by atoms with Gasteiger partial charge in [0.1, 0.15) is 0 Å². The van der Waals surface area contributed by atoms with E-state index < -0.39 is 18.1 Å². The van der Waals surface area contributed by atoms with Gasteiger partial charge in [-0.05, 0) is 36.5 Å². The first-order valence-electron chi connectivity index (χ1n) is 8.37. The van der Waals surface area contributed by atoms with Crippen molar-refractivity contribution in [3.63, 3.8) is 0 Å². The first-order chi connectivity index (χ1) is 12.7. The fourth-order valence-corrected chi connectivity index (χ4v) is 2.73. The minimum Gasteiger partial charge on any atom is -0.478 e. The number of halogens is 3. The number of likely N-dealkylation sites (tertiary alicyclic amines) is 1. The lowest BCUT2D eigenvalue weighted by Crippen LogP contribution is -2.46. The summed E-state index contributed by atoms with van der Waals surface area (Å²) in [5.41, 5.74) is 0.905. The van der Waals surface area contributed by atoms with Crippen LogP contribution in [0.1, 0.15) is 28.8 Å². The van der Waals surface area contributed by atoms with Crippen molar-refractivity contribution >= 4 is 17.9 Å². The van der Waals surface area contributed by atoms with Crippen molar-refractivity contribution in [1.82, 2.24) is 15.5 Å². The Morgan fingerprint density at radius 2 is 1.67 bits per heavy atom. The molecule has 1 aliphatic heterocycles. The second-order valence-electron chi connectivity index (χ2n) is 6.30. The van der Waals surface area contributed by atoms with Gasteiger partial charge in [0, 0.05) is 26.2 Å². The molecule has 1 aromatic rings. The molecule has 0 aromatic heterocycles. The van der Waals surface area contributed by atoms with Gasteiger partial charge < -0.3 is 20.6 Å². The second kappa shape index (κ2) is 8.74. The van der Waals surface area contributed by atoms with Crippen LogP contribution in [-0.4, -0.2) is 53.7 Å². The number of carbonyl (C=O) groups is 3. The van der Waals surface area contributed by atoms with Gasteiger partial charge in [-0.25, -0.2) is 9.59 Å². The van der Waals surface area contributed by atoms with Crippen molar-refractivity contribution in [2.75, 3.05) is 19.6 Å². The summed E-state index contributed by atoms with van der Waals surface area (Å²) in [5.74, 6) is -3.08. The van der Waals surface area contributed by atoms with Crippen LogP contribution in [0.2, 0.25) is 0 Å². The molecule has 1 aliphatic rings. The summed E-state index contributed by atoms with van der Waals surface area (Å²) in [5, 5.41) is 13.4. The van der Waals surface area contributed by atoms with Crippen LogP contribution in [0, 0.1) is 5.92 Å². The Hall–Kier alpha value is -2.78. The highest BCUT2D eigenvalue weighted by Crippen LogP contribution is 2.18. The van der Waals surface area contributed by atoms with Crippen LogP contribution in [0.3, 0.4) is 0 Å². The van der Waals surface area contributed by atoms with E-state index in [0.717, 1.165) is 5.56 Å². The van der Waals surface area contributed by atoms with Crippen LogP contribution in [0.4, 0.5) is 18.0 Å². The lowest BCUT2D eigenvalue weighted by molar-refractivity contribution is -0.173. The first kappa shape index (κ1) is 20.5. The van der Waals surface area contributed by atoms with Crippen molar-refractivity contribution in [2.24, 2.45) is 5.92 Å². The van der Waals surface area contributed by atoms with Gasteiger partial charge >= 0.3 is 24.1 Å². The molecular weight excluding hydrogens is 367 g/mol. The SMILES string of the molecule is O=C(O)c1ccc(CNC(=O)N2CCC(CNC(=O)C(F)(F)F)CC2)cc1. The van der Waals surface area contributed by atoms with Gasteiger partial charge in [0.25, 0.3) is 0 Å². The predicted octanol–water partition coefficient (Wildman–Crippen LogP) is 1.98. The Labute approximate surface area is 153 Å². The number of hydrogen-bond donors (Lipinski definition) is 3. The van der Waals surface area contributed by atoms with Crippen LogP contribution in [-0.2, 0) is 11.3 Å². The van der Waals surface area contributed by atoms with Gasteiger partial charge in [0.15, 0.2) is 0 Å². The normalized spacial score (nSPS) is 15.3. The summed E-state index contributed by atoms with van der Waals surface area (Å²) < 4.78 is 36.5. The van der Waals surface area contributed by atoms with Crippen molar-refractivity contribution in [2.45, 2.75) is 25.6 Å². The third-order valence-electron chi connectivity index (χ3n) is 4.36. The highest BCUT2D eigenvalue weighted by atomic mass is 19.4. The molecule has 0 saturated carbocycles. The maximum absolute atomic E-state index is 12.2. The number of aromatic carboxylic acids is 1. The molecule has 0 radical (unpaired) electrons. The molecule has 1 fully saturated rings. The topological polar surface area (TPSA) is 98.7 Å².